The Morgan fingerprint density at radius 1 is 1.00 bits per heavy atom. The van der Waals surface area contributed by atoms with Gasteiger partial charge in [0.2, 0.25) is 0 Å². The predicted molar refractivity (Wildman–Crippen MR) is 134 cm³/mol. The minimum atomic E-state index is -4.85. The van der Waals surface area contributed by atoms with E-state index in [0.717, 1.165) is 17.7 Å². The van der Waals surface area contributed by atoms with Crippen LogP contribution in [0.3, 0.4) is 0 Å². The number of carbonyl (C=O) groups excluding carboxylic acids is 1. The van der Waals surface area contributed by atoms with Crippen molar-refractivity contribution in [1.82, 2.24) is 5.43 Å². The zero-order valence-corrected chi connectivity index (χ0v) is 21.4. The first kappa shape index (κ1) is 27.8. The summed E-state index contributed by atoms with van der Waals surface area (Å²) in [6.07, 6.45) is -3.64. The minimum absolute atomic E-state index is 0.221. The molecule has 0 unspecified atom stereocenters. The van der Waals surface area contributed by atoms with Gasteiger partial charge in [0.25, 0.3) is 15.9 Å². The van der Waals surface area contributed by atoms with Gasteiger partial charge >= 0.3 is 6.18 Å². The van der Waals surface area contributed by atoms with Crippen molar-refractivity contribution >= 4 is 62.6 Å². The molecule has 0 fully saturated rings. The lowest BCUT2D eigenvalue weighted by Crippen LogP contribution is -2.39. The lowest BCUT2D eigenvalue weighted by molar-refractivity contribution is -0.137. The van der Waals surface area contributed by atoms with Crippen LogP contribution in [-0.2, 0) is 21.0 Å². The quantitative estimate of drug-likeness (QED) is 0.263. The number of sulfonamides is 1. The Balaban J connectivity index is 1.95. The first-order chi connectivity index (χ1) is 16.8. The average molecular weight is 579 g/mol. The molecule has 0 atom stereocenters. The van der Waals surface area contributed by atoms with Crippen molar-refractivity contribution in [1.29, 1.82) is 0 Å². The summed E-state index contributed by atoms with van der Waals surface area (Å²) >= 11 is 17.5. The molecule has 0 aliphatic rings. The first-order valence-electron chi connectivity index (χ1n) is 10.0. The monoisotopic (exact) mass is 577 g/mol. The maximum absolute atomic E-state index is 13.4. The summed E-state index contributed by atoms with van der Waals surface area (Å²) in [4.78, 5) is 12.4. The molecular formula is C23H17Cl3F3N3O3S. The summed E-state index contributed by atoms with van der Waals surface area (Å²) < 4.78 is 67.6. The molecule has 0 radical (unpaired) electrons. The zero-order chi connectivity index (χ0) is 26.7. The van der Waals surface area contributed by atoms with Crippen LogP contribution < -0.4 is 9.73 Å². The summed E-state index contributed by atoms with van der Waals surface area (Å²) in [6.45, 7) is 0.863. The summed E-state index contributed by atoms with van der Waals surface area (Å²) in [5.74, 6) is -0.921. The van der Waals surface area contributed by atoms with Gasteiger partial charge in [0.1, 0.15) is 6.54 Å². The molecule has 0 aromatic heterocycles. The number of rotatable bonds is 7. The van der Waals surface area contributed by atoms with E-state index in [1.165, 1.54) is 36.5 Å². The van der Waals surface area contributed by atoms with E-state index in [4.69, 9.17) is 34.8 Å². The summed E-state index contributed by atoms with van der Waals surface area (Å²) in [5.41, 5.74) is 1.67. The molecule has 0 spiro atoms. The standard InChI is InChI=1S/C23H17Cl3F3N3O3S/c1-14-2-7-18(8-3-14)36(34,35)32(17-6-9-20(25)19(11-17)23(27,28)29)13-22(33)31-30-12-15-4-5-16(24)10-21(15)26/h2-12H,13H2,1H3,(H,31,33)/b30-12-. The van der Waals surface area contributed by atoms with Gasteiger partial charge < -0.3 is 0 Å². The Kier molecular flexibility index (Phi) is 8.55. The van der Waals surface area contributed by atoms with E-state index in [1.54, 1.807) is 19.1 Å². The summed E-state index contributed by atoms with van der Waals surface area (Å²) in [7, 11) is -4.46. The second kappa shape index (κ2) is 11.1. The highest BCUT2D eigenvalue weighted by Crippen LogP contribution is 2.38. The van der Waals surface area contributed by atoms with Crippen LogP contribution in [0.1, 0.15) is 16.7 Å². The van der Waals surface area contributed by atoms with Gasteiger partial charge in [-0.3, -0.25) is 9.10 Å². The SMILES string of the molecule is Cc1ccc(S(=O)(=O)N(CC(=O)N/N=C\c2ccc(Cl)cc2Cl)c2ccc(Cl)c(C(F)(F)F)c2)cc1. The number of carbonyl (C=O) groups is 1. The highest BCUT2D eigenvalue weighted by molar-refractivity contribution is 7.92. The van der Waals surface area contributed by atoms with Crippen LogP contribution in [0.4, 0.5) is 18.9 Å². The van der Waals surface area contributed by atoms with E-state index in [-0.39, 0.29) is 9.92 Å². The molecule has 6 nitrogen and oxygen atoms in total. The number of hydrogen-bond acceptors (Lipinski definition) is 4. The fourth-order valence-electron chi connectivity index (χ4n) is 2.98. The lowest BCUT2D eigenvalue weighted by atomic mass is 10.2. The number of hydrogen-bond donors (Lipinski definition) is 1. The molecule has 0 saturated carbocycles. The third-order valence-corrected chi connectivity index (χ3v) is 7.47. The molecule has 3 aromatic rings. The summed E-state index contributed by atoms with van der Waals surface area (Å²) in [5, 5.41) is 3.77. The molecule has 0 heterocycles. The van der Waals surface area contributed by atoms with Crippen molar-refractivity contribution in [2.45, 2.75) is 18.0 Å². The Labute approximate surface area is 220 Å². The maximum Gasteiger partial charge on any atom is 0.417 e. The molecule has 1 N–H and O–H groups in total. The molecule has 0 aliphatic carbocycles. The average Bonchev–Trinajstić information content (AvgIpc) is 2.79. The highest BCUT2D eigenvalue weighted by Gasteiger charge is 2.35. The molecule has 190 valence electrons. The number of hydrazone groups is 1. The van der Waals surface area contributed by atoms with E-state index >= 15 is 0 Å². The Bertz CT molecular complexity index is 1410. The number of anilines is 1. The van der Waals surface area contributed by atoms with Crippen LogP contribution >= 0.6 is 34.8 Å². The van der Waals surface area contributed by atoms with E-state index in [0.29, 0.717) is 21.0 Å². The number of nitrogens with one attached hydrogen (secondary N) is 1. The zero-order valence-electron chi connectivity index (χ0n) is 18.4. The maximum atomic E-state index is 13.4. The van der Waals surface area contributed by atoms with Crippen molar-refractivity contribution in [3.63, 3.8) is 0 Å². The van der Waals surface area contributed by atoms with Gasteiger partial charge in [0, 0.05) is 10.6 Å². The molecule has 13 heteroatoms. The number of nitrogens with zero attached hydrogens (tertiary/aromatic N) is 2. The molecule has 0 saturated heterocycles. The Morgan fingerprint density at radius 2 is 1.67 bits per heavy atom. The first-order valence-corrected chi connectivity index (χ1v) is 12.6. The molecule has 3 aromatic carbocycles. The molecular weight excluding hydrogens is 562 g/mol. The fraction of sp³-hybridized carbons (Fsp3) is 0.130. The van der Waals surface area contributed by atoms with Gasteiger partial charge in [0.05, 0.1) is 32.4 Å². The second-order valence-corrected chi connectivity index (χ2v) is 10.6. The lowest BCUT2D eigenvalue weighted by Gasteiger charge is -2.25. The van der Waals surface area contributed by atoms with E-state index in [2.05, 4.69) is 10.5 Å². The third kappa shape index (κ3) is 6.70. The molecule has 36 heavy (non-hydrogen) atoms. The second-order valence-electron chi connectivity index (χ2n) is 7.45. The van der Waals surface area contributed by atoms with Crippen molar-refractivity contribution in [2.24, 2.45) is 5.10 Å². The predicted octanol–water partition coefficient (Wildman–Crippen LogP) is 6.32. The van der Waals surface area contributed by atoms with E-state index in [9.17, 15) is 26.4 Å². The molecule has 0 bridgehead atoms. The normalized spacial score (nSPS) is 12.1. The third-order valence-electron chi connectivity index (χ3n) is 4.79. The van der Waals surface area contributed by atoms with Gasteiger partial charge in [-0.15, -0.1) is 0 Å². The number of aryl methyl sites for hydroxylation is 1. The number of amides is 1. The minimum Gasteiger partial charge on any atom is -0.271 e. The molecule has 1 amide bonds. The van der Waals surface area contributed by atoms with E-state index < -0.39 is 44.9 Å². The van der Waals surface area contributed by atoms with Crippen LogP contribution in [0, 0.1) is 6.92 Å². The largest absolute Gasteiger partial charge is 0.417 e. The van der Waals surface area contributed by atoms with Crippen molar-refractivity contribution in [3.8, 4) is 0 Å². The van der Waals surface area contributed by atoms with Gasteiger partial charge in [0.15, 0.2) is 0 Å². The van der Waals surface area contributed by atoms with Gasteiger partial charge in [-0.25, -0.2) is 13.8 Å². The van der Waals surface area contributed by atoms with Crippen molar-refractivity contribution in [2.75, 3.05) is 10.8 Å². The van der Waals surface area contributed by atoms with Gasteiger partial charge in [-0.05, 0) is 49.4 Å². The topological polar surface area (TPSA) is 78.8 Å². The van der Waals surface area contributed by atoms with Crippen LogP contribution in [0.2, 0.25) is 15.1 Å². The Morgan fingerprint density at radius 3 is 2.28 bits per heavy atom. The van der Waals surface area contributed by atoms with E-state index in [1.807, 2.05) is 0 Å². The van der Waals surface area contributed by atoms with Gasteiger partial charge in [-0.2, -0.15) is 18.3 Å². The Hall–Kier alpha value is -2.79. The number of alkyl halides is 3. The van der Waals surface area contributed by atoms with Crippen LogP contribution in [0.15, 0.2) is 70.7 Å². The van der Waals surface area contributed by atoms with Crippen molar-refractivity contribution < 1.29 is 26.4 Å². The van der Waals surface area contributed by atoms with Gasteiger partial charge in [-0.1, -0.05) is 58.6 Å². The summed E-state index contributed by atoms with van der Waals surface area (Å²) in [6, 6.07) is 12.7. The number of benzene rings is 3. The van der Waals surface area contributed by atoms with Crippen LogP contribution in [-0.4, -0.2) is 27.1 Å². The molecule has 3 rings (SSSR count). The smallest absolute Gasteiger partial charge is 0.271 e. The number of halogens is 6. The molecule has 0 aliphatic heterocycles. The fourth-order valence-corrected chi connectivity index (χ4v) is 5.08. The highest BCUT2D eigenvalue weighted by atomic mass is 35.5. The van der Waals surface area contributed by atoms with Crippen molar-refractivity contribution in [3.05, 3.63) is 92.4 Å². The van der Waals surface area contributed by atoms with Crippen LogP contribution in [0.5, 0.6) is 0 Å². The van der Waals surface area contributed by atoms with Crippen LogP contribution in [0.25, 0.3) is 0 Å².